The molecule has 2 heterocycles. The van der Waals surface area contributed by atoms with E-state index in [-0.39, 0.29) is 6.03 Å². The SMILES string of the molecule is C[C@H](CNC(=O)Nc1nc2ccccc2s1)N1CCOCC1. The number of nitrogens with zero attached hydrogens (tertiary/aromatic N) is 2. The van der Waals surface area contributed by atoms with Crippen LogP contribution in [-0.2, 0) is 4.74 Å². The summed E-state index contributed by atoms with van der Waals surface area (Å²) in [7, 11) is 0. The van der Waals surface area contributed by atoms with E-state index in [1.165, 1.54) is 11.3 Å². The predicted molar refractivity (Wildman–Crippen MR) is 88.5 cm³/mol. The van der Waals surface area contributed by atoms with E-state index in [2.05, 4.69) is 27.4 Å². The van der Waals surface area contributed by atoms with Crippen molar-refractivity contribution in [3.05, 3.63) is 24.3 Å². The zero-order chi connectivity index (χ0) is 15.4. The highest BCUT2D eigenvalue weighted by Gasteiger charge is 2.17. The van der Waals surface area contributed by atoms with Crippen LogP contribution in [0.1, 0.15) is 6.92 Å². The minimum absolute atomic E-state index is 0.209. The molecule has 2 aromatic rings. The summed E-state index contributed by atoms with van der Waals surface area (Å²) in [6.07, 6.45) is 0. The number of anilines is 1. The maximum atomic E-state index is 12.0. The Bertz CT molecular complexity index is 606. The third-order valence-corrected chi connectivity index (χ3v) is 4.69. The topological polar surface area (TPSA) is 66.5 Å². The highest BCUT2D eigenvalue weighted by atomic mass is 32.1. The Kier molecular flexibility index (Phi) is 4.87. The number of para-hydroxylation sites is 1. The third-order valence-electron chi connectivity index (χ3n) is 3.74. The number of rotatable bonds is 4. The minimum Gasteiger partial charge on any atom is -0.379 e. The molecule has 0 bridgehead atoms. The van der Waals surface area contributed by atoms with Crippen molar-refractivity contribution in [2.24, 2.45) is 0 Å². The van der Waals surface area contributed by atoms with Gasteiger partial charge in [0.15, 0.2) is 5.13 Å². The average molecular weight is 320 g/mol. The molecule has 0 saturated carbocycles. The number of benzene rings is 1. The number of amides is 2. The van der Waals surface area contributed by atoms with Crippen molar-refractivity contribution in [3.8, 4) is 0 Å². The Labute approximate surface area is 133 Å². The quantitative estimate of drug-likeness (QED) is 0.906. The van der Waals surface area contributed by atoms with Crippen LogP contribution in [0.4, 0.5) is 9.93 Å². The molecule has 1 aliphatic rings. The van der Waals surface area contributed by atoms with Crippen LogP contribution in [0, 0.1) is 0 Å². The van der Waals surface area contributed by atoms with Gasteiger partial charge in [-0.15, -0.1) is 0 Å². The number of aromatic nitrogens is 1. The summed E-state index contributed by atoms with van der Waals surface area (Å²) < 4.78 is 6.40. The van der Waals surface area contributed by atoms with Crippen molar-refractivity contribution in [1.82, 2.24) is 15.2 Å². The van der Waals surface area contributed by atoms with E-state index in [9.17, 15) is 4.79 Å². The molecule has 1 aliphatic heterocycles. The van der Waals surface area contributed by atoms with Gasteiger partial charge in [-0.05, 0) is 19.1 Å². The molecule has 1 atom stereocenters. The first-order valence-electron chi connectivity index (χ1n) is 7.44. The second-order valence-corrected chi connectivity index (χ2v) is 6.35. The van der Waals surface area contributed by atoms with Gasteiger partial charge in [0.05, 0.1) is 23.4 Å². The van der Waals surface area contributed by atoms with Crippen molar-refractivity contribution < 1.29 is 9.53 Å². The van der Waals surface area contributed by atoms with E-state index in [0.29, 0.717) is 17.7 Å². The largest absolute Gasteiger partial charge is 0.379 e. The fourth-order valence-electron chi connectivity index (χ4n) is 2.45. The number of carbonyl (C=O) groups is 1. The molecule has 0 spiro atoms. The van der Waals surface area contributed by atoms with E-state index in [4.69, 9.17) is 4.74 Å². The first kappa shape index (κ1) is 15.2. The van der Waals surface area contributed by atoms with E-state index in [1.54, 1.807) is 0 Å². The van der Waals surface area contributed by atoms with Gasteiger partial charge in [0.25, 0.3) is 0 Å². The van der Waals surface area contributed by atoms with Gasteiger partial charge in [0.1, 0.15) is 0 Å². The van der Waals surface area contributed by atoms with Gasteiger partial charge in [-0.1, -0.05) is 23.5 Å². The lowest BCUT2D eigenvalue weighted by molar-refractivity contribution is 0.0209. The Morgan fingerprint density at radius 1 is 1.41 bits per heavy atom. The first-order chi connectivity index (χ1) is 10.7. The van der Waals surface area contributed by atoms with Crippen LogP contribution in [0.3, 0.4) is 0 Å². The molecule has 1 aromatic carbocycles. The van der Waals surface area contributed by atoms with Crippen LogP contribution in [0.5, 0.6) is 0 Å². The zero-order valence-electron chi connectivity index (χ0n) is 12.5. The zero-order valence-corrected chi connectivity index (χ0v) is 13.4. The van der Waals surface area contributed by atoms with Crippen molar-refractivity contribution in [2.45, 2.75) is 13.0 Å². The van der Waals surface area contributed by atoms with Crippen molar-refractivity contribution in [3.63, 3.8) is 0 Å². The Morgan fingerprint density at radius 3 is 2.95 bits per heavy atom. The normalized spacial score (nSPS) is 17.3. The van der Waals surface area contributed by atoms with Crippen LogP contribution < -0.4 is 10.6 Å². The van der Waals surface area contributed by atoms with Gasteiger partial charge in [0, 0.05) is 25.7 Å². The summed E-state index contributed by atoms with van der Waals surface area (Å²) in [6, 6.07) is 7.93. The molecule has 3 rings (SSSR count). The fraction of sp³-hybridized carbons (Fsp3) is 0.467. The third kappa shape index (κ3) is 3.73. The maximum absolute atomic E-state index is 12.0. The highest BCUT2D eigenvalue weighted by molar-refractivity contribution is 7.22. The molecule has 6 nitrogen and oxygen atoms in total. The summed E-state index contributed by atoms with van der Waals surface area (Å²) in [5.41, 5.74) is 0.907. The van der Waals surface area contributed by atoms with Crippen LogP contribution in [0.15, 0.2) is 24.3 Å². The predicted octanol–water partition coefficient (Wildman–Crippen LogP) is 2.14. The van der Waals surface area contributed by atoms with E-state index >= 15 is 0 Å². The molecular weight excluding hydrogens is 300 g/mol. The molecule has 118 valence electrons. The number of hydrogen-bond donors (Lipinski definition) is 2. The molecule has 22 heavy (non-hydrogen) atoms. The van der Waals surface area contributed by atoms with E-state index in [0.717, 1.165) is 36.5 Å². The number of morpholine rings is 1. The molecule has 1 aromatic heterocycles. The molecule has 0 aliphatic carbocycles. The number of carbonyl (C=O) groups excluding carboxylic acids is 1. The van der Waals surface area contributed by atoms with Crippen molar-refractivity contribution in [1.29, 1.82) is 0 Å². The summed E-state index contributed by atoms with van der Waals surface area (Å²) in [4.78, 5) is 18.7. The lowest BCUT2D eigenvalue weighted by Crippen LogP contribution is -2.47. The number of thiazole rings is 1. The Morgan fingerprint density at radius 2 is 2.18 bits per heavy atom. The monoisotopic (exact) mass is 320 g/mol. The summed E-state index contributed by atoms with van der Waals surface area (Å²) in [5.74, 6) is 0. The number of nitrogens with one attached hydrogen (secondary N) is 2. The summed E-state index contributed by atoms with van der Waals surface area (Å²) in [6.45, 7) is 6.09. The van der Waals surface area contributed by atoms with Crippen molar-refractivity contribution >= 4 is 32.7 Å². The van der Waals surface area contributed by atoms with Crippen LogP contribution in [0.2, 0.25) is 0 Å². The number of urea groups is 1. The van der Waals surface area contributed by atoms with Gasteiger partial charge in [-0.25, -0.2) is 9.78 Å². The molecule has 2 N–H and O–H groups in total. The highest BCUT2D eigenvalue weighted by Crippen LogP contribution is 2.25. The van der Waals surface area contributed by atoms with E-state index < -0.39 is 0 Å². The lowest BCUT2D eigenvalue weighted by atomic mass is 10.2. The van der Waals surface area contributed by atoms with Crippen LogP contribution >= 0.6 is 11.3 Å². The number of fused-ring (bicyclic) bond motifs is 1. The van der Waals surface area contributed by atoms with Gasteiger partial charge in [0.2, 0.25) is 0 Å². The van der Waals surface area contributed by atoms with Gasteiger partial charge < -0.3 is 10.1 Å². The molecule has 2 amide bonds. The fourth-order valence-corrected chi connectivity index (χ4v) is 3.32. The minimum atomic E-state index is -0.209. The Balaban J connectivity index is 1.49. The number of ether oxygens (including phenoxy) is 1. The van der Waals surface area contributed by atoms with Crippen molar-refractivity contribution in [2.75, 3.05) is 38.2 Å². The van der Waals surface area contributed by atoms with Gasteiger partial charge in [-0.2, -0.15) is 0 Å². The molecule has 1 fully saturated rings. The smallest absolute Gasteiger partial charge is 0.321 e. The molecule has 0 radical (unpaired) electrons. The average Bonchev–Trinajstić information content (AvgIpc) is 2.95. The van der Waals surface area contributed by atoms with E-state index in [1.807, 2.05) is 24.3 Å². The van der Waals surface area contributed by atoms with Gasteiger partial charge >= 0.3 is 6.03 Å². The standard InChI is InChI=1S/C15H20N4O2S/c1-11(19-6-8-21-9-7-19)10-16-14(20)18-15-17-12-4-2-3-5-13(12)22-15/h2-5,11H,6-10H2,1H3,(H2,16,17,18,20)/t11-/m1/s1. The molecular formula is C15H20N4O2S. The van der Waals surface area contributed by atoms with Crippen LogP contribution in [0.25, 0.3) is 10.2 Å². The molecule has 0 unspecified atom stereocenters. The second-order valence-electron chi connectivity index (χ2n) is 5.32. The summed E-state index contributed by atoms with van der Waals surface area (Å²) >= 11 is 1.48. The molecule has 7 heteroatoms. The Hall–Kier alpha value is -1.70. The first-order valence-corrected chi connectivity index (χ1v) is 8.26. The maximum Gasteiger partial charge on any atom is 0.321 e. The molecule has 1 saturated heterocycles. The lowest BCUT2D eigenvalue weighted by Gasteiger charge is -2.32. The summed E-state index contributed by atoms with van der Waals surface area (Å²) in [5, 5.41) is 6.33. The second kappa shape index (κ2) is 7.04. The van der Waals surface area contributed by atoms with Crippen LogP contribution in [-0.4, -0.2) is 54.8 Å². The van der Waals surface area contributed by atoms with Gasteiger partial charge in [-0.3, -0.25) is 10.2 Å². The number of hydrogen-bond acceptors (Lipinski definition) is 5.